The second-order valence-electron chi connectivity index (χ2n) is 24.2. The second-order valence-corrected chi connectivity index (χ2v) is 24.2. The molecule has 0 saturated heterocycles. The van der Waals surface area contributed by atoms with Crippen LogP contribution in [-0.2, 0) is 14.3 Å². The lowest BCUT2D eigenvalue weighted by Crippen LogP contribution is -2.45. The molecule has 0 rings (SSSR count). The van der Waals surface area contributed by atoms with Crippen LogP contribution < -0.4 is 5.32 Å². The van der Waals surface area contributed by atoms with E-state index < -0.39 is 12.1 Å². The van der Waals surface area contributed by atoms with Crippen LogP contribution in [0.1, 0.15) is 386 Å². The van der Waals surface area contributed by atoms with Crippen molar-refractivity contribution in [1.29, 1.82) is 0 Å². The van der Waals surface area contributed by atoms with Crippen LogP contribution in [0.2, 0.25) is 0 Å². The summed E-state index contributed by atoms with van der Waals surface area (Å²) in [5.74, 6) is -0.0601. The number of hydrogen-bond donors (Lipinski definition) is 3. The summed E-state index contributed by atoms with van der Waals surface area (Å²) in [4.78, 5) is 24.6. The molecule has 2 atom stereocenters. The van der Waals surface area contributed by atoms with E-state index in [2.05, 4.69) is 43.5 Å². The summed E-state index contributed by atoms with van der Waals surface area (Å²) >= 11 is 0. The highest BCUT2D eigenvalue weighted by Crippen LogP contribution is 2.18. The third-order valence-corrected chi connectivity index (χ3v) is 16.4. The Balaban J connectivity index is 3.42. The smallest absolute Gasteiger partial charge is 0.305 e. The Labute approximate surface area is 487 Å². The van der Waals surface area contributed by atoms with Gasteiger partial charge in [-0.15, -0.1) is 0 Å². The molecule has 2 unspecified atom stereocenters. The van der Waals surface area contributed by atoms with Gasteiger partial charge in [0.2, 0.25) is 5.91 Å². The topological polar surface area (TPSA) is 95.9 Å². The highest BCUT2D eigenvalue weighted by Gasteiger charge is 2.18. The minimum atomic E-state index is -0.849. The molecule has 0 aliphatic heterocycles. The van der Waals surface area contributed by atoms with Crippen LogP contribution in [0.3, 0.4) is 0 Å². The molecule has 460 valence electrons. The molecule has 0 spiro atoms. The van der Waals surface area contributed by atoms with Crippen molar-refractivity contribution in [3.05, 3.63) is 36.5 Å². The van der Waals surface area contributed by atoms with Gasteiger partial charge in [0.15, 0.2) is 0 Å². The molecular formula is C72H137NO5. The number of rotatable bonds is 66. The number of carbonyl (C=O) groups is 2. The number of ether oxygens (including phenoxy) is 1. The molecule has 0 radical (unpaired) electrons. The van der Waals surface area contributed by atoms with Gasteiger partial charge < -0.3 is 20.3 Å². The number of unbranched alkanes of at least 4 members (excludes halogenated alkanes) is 51. The number of allylic oxidation sites excluding steroid dienone is 5. The Morgan fingerprint density at radius 3 is 0.910 bits per heavy atom. The van der Waals surface area contributed by atoms with Crippen LogP contribution in [0.5, 0.6) is 0 Å². The average molecular weight is 1100 g/mol. The lowest BCUT2D eigenvalue weighted by Gasteiger charge is -2.20. The van der Waals surface area contributed by atoms with E-state index in [1.807, 2.05) is 6.08 Å². The molecule has 0 bridgehead atoms. The maximum Gasteiger partial charge on any atom is 0.305 e. The number of esters is 1. The number of aliphatic hydroxyl groups is 2. The third kappa shape index (κ3) is 63.3. The van der Waals surface area contributed by atoms with Gasteiger partial charge in [0, 0.05) is 12.8 Å². The summed E-state index contributed by atoms with van der Waals surface area (Å²) < 4.78 is 5.50. The summed E-state index contributed by atoms with van der Waals surface area (Å²) in [7, 11) is 0. The standard InChI is InChI=1S/C72H137NO5/c1-3-5-7-9-11-13-15-17-19-21-22-29-33-36-40-44-48-52-56-60-64-70(75)69(68-74)73-71(76)65-61-57-53-49-45-41-37-34-30-27-25-23-24-26-28-31-35-39-43-47-51-55-59-63-67-78-72(77)66-62-58-54-50-46-42-38-32-20-18-16-14-12-10-8-6-4-2/h18,20,25,27,60,64,69-70,74-75H,3-17,19,21-24,26,28-59,61-63,65-68H2,1-2H3,(H,73,76)/b20-18-,27-25-,64-60+. The van der Waals surface area contributed by atoms with Crippen molar-refractivity contribution < 1.29 is 24.5 Å². The predicted molar refractivity (Wildman–Crippen MR) is 343 cm³/mol. The first-order valence-corrected chi connectivity index (χ1v) is 35.3. The first-order chi connectivity index (χ1) is 38.5. The Morgan fingerprint density at radius 2 is 0.603 bits per heavy atom. The van der Waals surface area contributed by atoms with Gasteiger partial charge in [-0.25, -0.2) is 0 Å². The molecule has 3 N–H and O–H groups in total. The molecule has 0 heterocycles. The average Bonchev–Trinajstić information content (AvgIpc) is 3.44. The van der Waals surface area contributed by atoms with Gasteiger partial charge in [0.1, 0.15) is 0 Å². The number of carbonyl (C=O) groups excluding carboxylic acids is 2. The lowest BCUT2D eigenvalue weighted by molar-refractivity contribution is -0.143. The molecule has 0 aromatic rings. The minimum absolute atomic E-state index is 0.00924. The Hall–Kier alpha value is -1.92. The molecular weight excluding hydrogens is 959 g/mol. The van der Waals surface area contributed by atoms with Crippen molar-refractivity contribution in [3.63, 3.8) is 0 Å². The van der Waals surface area contributed by atoms with E-state index in [4.69, 9.17) is 4.74 Å². The molecule has 0 aliphatic rings. The zero-order valence-electron chi connectivity index (χ0n) is 52.7. The Morgan fingerprint density at radius 1 is 0.346 bits per heavy atom. The van der Waals surface area contributed by atoms with Crippen LogP contribution >= 0.6 is 0 Å². The first kappa shape index (κ1) is 76.1. The summed E-state index contributed by atoms with van der Waals surface area (Å²) in [5.41, 5.74) is 0. The first-order valence-electron chi connectivity index (χ1n) is 35.3. The van der Waals surface area contributed by atoms with Crippen molar-refractivity contribution in [1.82, 2.24) is 5.32 Å². The van der Waals surface area contributed by atoms with Gasteiger partial charge in [0.25, 0.3) is 0 Å². The fourth-order valence-electron chi connectivity index (χ4n) is 11.0. The molecule has 0 fully saturated rings. The van der Waals surface area contributed by atoms with Gasteiger partial charge in [-0.3, -0.25) is 9.59 Å². The van der Waals surface area contributed by atoms with Crippen molar-refractivity contribution in [2.45, 2.75) is 398 Å². The quantitative estimate of drug-likeness (QED) is 0.0320. The van der Waals surface area contributed by atoms with Crippen molar-refractivity contribution in [2.24, 2.45) is 0 Å². The maximum absolute atomic E-state index is 12.5. The fraction of sp³-hybridized carbons (Fsp3) is 0.889. The van der Waals surface area contributed by atoms with Crippen LogP contribution in [0.25, 0.3) is 0 Å². The zero-order chi connectivity index (χ0) is 56.4. The molecule has 0 aromatic carbocycles. The minimum Gasteiger partial charge on any atom is -0.466 e. The third-order valence-electron chi connectivity index (χ3n) is 16.4. The molecule has 6 nitrogen and oxygen atoms in total. The normalized spacial score (nSPS) is 12.7. The summed E-state index contributed by atoms with van der Waals surface area (Å²) in [6, 6.07) is -0.632. The monoisotopic (exact) mass is 1100 g/mol. The Kier molecular flexibility index (Phi) is 65.9. The van der Waals surface area contributed by atoms with Crippen LogP contribution in [-0.4, -0.2) is 47.4 Å². The van der Waals surface area contributed by atoms with Gasteiger partial charge in [-0.1, -0.05) is 326 Å². The van der Waals surface area contributed by atoms with Crippen molar-refractivity contribution in [2.75, 3.05) is 13.2 Å². The fourth-order valence-corrected chi connectivity index (χ4v) is 11.0. The number of nitrogens with one attached hydrogen (secondary N) is 1. The van der Waals surface area contributed by atoms with E-state index in [1.165, 1.54) is 315 Å². The highest BCUT2D eigenvalue weighted by atomic mass is 16.5. The molecule has 0 aromatic heterocycles. The van der Waals surface area contributed by atoms with Gasteiger partial charge in [0.05, 0.1) is 25.4 Å². The van der Waals surface area contributed by atoms with Gasteiger partial charge in [-0.2, -0.15) is 0 Å². The van der Waals surface area contributed by atoms with Crippen molar-refractivity contribution >= 4 is 11.9 Å². The molecule has 78 heavy (non-hydrogen) atoms. The molecule has 0 saturated carbocycles. The van der Waals surface area contributed by atoms with Crippen molar-refractivity contribution in [3.8, 4) is 0 Å². The molecule has 6 heteroatoms. The SMILES string of the molecule is CCCCCCCC/C=C\CCCCCCCCCC(=O)OCCCCCCCCCCCCCC/C=C\CCCCCCCCCCC(=O)NC(CO)C(O)/C=C/CCCCCCCCCCCCCCCCCCCC. The Bertz CT molecular complexity index is 1260. The van der Waals surface area contributed by atoms with E-state index >= 15 is 0 Å². The zero-order valence-corrected chi connectivity index (χ0v) is 52.7. The highest BCUT2D eigenvalue weighted by molar-refractivity contribution is 5.76. The second kappa shape index (κ2) is 67.6. The van der Waals surface area contributed by atoms with E-state index in [0.29, 0.717) is 19.4 Å². The van der Waals surface area contributed by atoms with Crippen LogP contribution in [0.4, 0.5) is 0 Å². The van der Waals surface area contributed by atoms with Crippen LogP contribution in [0.15, 0.2) is 36.5 Å². The van der Waals surface area contributed by atoms with Gasteiger partial charge >= 0.3 is 5.97 Å². The van der Waals surface area contributed by atoms with E-state index in [0.717, 1.165) is 44.9 Å². The predicted octanol–water partition coefficient (Wildman–Crippen LogP) is 22.7. The summed E-state index contributed by atoms with van der Waals surface area (Å²) in [6.07, 6.45) is 86.4. The molecule has 0 aliphatic carbocycles. The summed E-state index contributed by atoms with van der Waals surface area (Å²) in [5, 5.41) is 23.2. The van der Waals surface area contributed by atoms with E-state index in [-0.39, 0.29) is 18.5 Å². The largest absolute Gasteiger partial charge is 0.466 e. The molecule has 1 amide bonds. The maximum atomic E-state index is 12.5. The van der Waals surface area contributed by atoms with E-state index in [9.17, 15) is 19.8 Å². The number of aliphatic hydroxyl groups excluding tert-OH is 2. The number of amides is 1. The van der Waals surface area contributed by atoms with E-state index in [1.54, 1.807) is 6.08 Å². The summed E-state index contributed by atoms with van der Waals surface area (Å²) in [6.45, 7) is 4.93. The lowest BCUT2D eigenvalue weighted by atomic mass is 10.0. The number of hydrogen-bond acceptors (Lipinski definition) is 5. The van der Waals surface area contributed by atoms with Gasteiger partial charge in [-0.05, 0) is 83.5 Å². The van der Waals surface area contributed by atoms with Crippen LogP contribution in [0, 0.1) is 0 Å².